The molecule has 0 aromatic rings. The van der Waals surface area contributed by atoms with Crippen molar-refractivity contribution >= 4 is 5.84 Å². The zero-order chi connectivity index (χ0) is 19.4. The van der Waals surface area contributed by atoms with Gasteiger partial charge in [-0.05, 0) is 88.9 Å². The van der Waals surface area contributed by atoms with E-state index in [0.717, 1.165) is 30.4 Å². The highest BCUT2D eigenvalue weighted by Gasteiger charge is 2.36. The van der Waals surface area contributed by atoms with E-state index in [1.165, 1.54) is 43.5 Å². The number of nitrogens with one attached hydrogen (secondary N) is 2. The van der Waals surface area contributed by atoms with Crippen molar-refractivity contribution in [3.8, 4) is 0 Å². The van der Waals surface area contributed by atoms with Crippen LogP contribution in [-0.2, 0) is 0 Å². The molecule has 0 amide bonds. The maximum Gasteiger partial charge on any atom is 0.0909 e. The van der Waals surface area contributed by atoms with Crippen LogP contribution in [0.1, 0.15) is 52.9 Å². The highest BCUT2D eigenvalue weighted by atomic mass is 15.0. The molecule has 5 atom stereocenters. The molecule has 3 aliphatic rings. The summed E-state index contributed by atoms with van der Waals surface area (Å²) in [6.07, 6.45) is 10.2. The molecule has 2 fully saturated rings. The van der Waals surface area contributed by atoms with Crippen LogP contribution < -0.4 is 16.4 Å². The monoisotopic (exact) mass is 368 g/mol. The summed E-state index contributed by atoms with van der Waals surface area (Å²) in [4.78, 5) is 4.77. The molecule has 4 nitrogen and oxygen atoms in total. The fourth-order valence-corrected chi connectivity index (χ4v) is 4.95. The molecule has 0 aromatic heterocycles. The summed E-state index contributed by atoms with van der Waals surface area (Å²) in [7, 11) is 0. The van der Waals surface area contributed by atoms with Gasteiger partial charge < -0.3 is 16.4 Å². The summed E-state index contributed by atoms with van der Waals surface area (Å²) in [6.45, 7) is 13.0. The van der Waals surface area contributed by atoms with Gasteiger partial charge in [-0.2, -0.15) is 0 Å². The van der Waals surface area contributed by atoms with Gasteiger partial charge in [0.1, 0.15) is 0 Å². The van der Waals surface area contributed by atoms with Crippen LogP contribution in [0.25, 0.3) is 0 Å². The van der Waals surface area contributed by atoms with Gasteiger partial charge in [-0.1, -0.05) is 18.7 Å². The van der Waals surface area contributed by atoms with Crippen LogP contribution >= 0.6 is 0 Å². The Morgan fingerprint density at radius 1 is 1.37 bits per heavy atom. The molecule has 1 saturated carbocycles. The van der Waals surface area contributed by atoms with Gasteiger partial charge in [-0.25, -0.2) is 0 Å². The Labute approximate surface area is 164 Å². The molecule has 1 heterocycles. The van der Waals surface area contributed by atoms with Crippen LogP contribution in [0.4, 0.5) is 0 Å². The maximum atomic E-state index is 5.94. The number of allylic oxidation sites excluding steroid dienone is 2. The normalized spacial score (nSPS) is 32.6. The first kappa shape index (κ1) is 20.0. The van der Waals surface area contributed by atoms with Crippen LogP contribution in [0, 0.1) is 17.8 Å². The van der Waals surface area contributed by atoms with Crippen molar-refractivity contribution in [1.29, 1.82) is 0 Å². The molecule has 3 rings (SSSR count). The molecular formula is C23H36N4. The van der Waals surface area contributed by atoms with Crippen molar-refractivity contribution in [1.82, 2.24) is 10.6 Å². The van der Waals surface area contributed by atoms with Crippen molar-refractivity contribution in [2.45, 2.75) is 65.0 Å². The van der Waals surface area contributed by atoms with Gasteiger partial charge in [0, 0.05) is 11.6 Å². The van der Waals surface area contributed by atoms with Gasteiger partial charge in [0.2, 0.25) is 0 Å². The van der Waals surface area contributed by atoms with E-state index >= 15 is 0 Å². The number of hydrogen-bond donors (Lipinski definition) is 3. The van der Waals surface area contributed by atoms with Gasteiger partial charge >= 0.3 is 0 Å². The summed E-state index contributed by atoms with van der Waals surface area (Å²) in [5.74, 6) is 2.61. The summed E-state index contributed by atoms with van der Waals surface area (Å²) in [5, 5.41) is 7.22. The zero-order valence-electron chi connectivity index (χ0n) is 17.2. The summed E-state index contributed by atoms with van der Waals surface area (Å²) in [6, 6.07) is 0.500. The summed E-state index contributed by atoms with van der Waals surface area (Å²) in [5.41, 5.74) is 13.1. The smallest absolute Gasteiger partial charge is 0.0909 e. The highest BCUT2D eigenvalue weighted by molar-refractivity contribution is 5.77. The Kier molecular flexibility index (Phi) is 6.62. The third kappa shape index (κ3) is 5.15. The summed E-state index contributed by atoms with van der Waals surface area (Å²) >= 11 is 0. The molecule has 1 saturated heterocycles. The fraction of sp³-hybridized carbons (Fsp3) is 0.652. The first-order valence-electron chi connectivity index (χ1n) is 10.5. The van der Waals surface area contributed by atoms with E-state index in [-0.39, 0.29) is 12.1 Å². The lowest BCUT2D eigenvalue weighted by molar-refractivity contribution is 0.197. The van der Waals surface area contributed by atoms with E-state index in [0.29, 0.717) is 11.8 Å². The van der Waals surface area contributed by atoms with Gasteiger partial charge in [0.15, 0.2) is 0 Å². The molecule has 5 unspecified atom stereocenters. The van der Waals surface area contributed by atoms with Crippen LogP contribution in [0.2, 0.25) is 0 Å². The molecule has 27 heavy (non-hydrogen) atoms. The van der Waals surface area contributed by atoms with E-state index in [1.807, 2.05) is 6.92 Å². The van der Waals surface area contributed by atoms with Crippen molar-refractivity contribution in [2.75, 3.05) is 13.1 Å². The third-order valence-corrected chi connectivity index (χ3v) is 6.42. The molecule has 1 aliphatic heterocycles. The lowest BCUT2D eigenvalue weighted by Gasteiger charge is -2.38. The van der Waals surface area contributed by atoms with Crippen LogP contribution in [-0.4, -0.2) is 31.0 Å². The largest absolute Gasteiger partial charge is 0.388 e. The minimum atomic E-state index is 0.245. The molecule has 2 aliphatic carbocycles. The molecule has 148 valence electrons. The molecule has 0 aromatic carbocycles. The molecule has 0 radical (unpaired) electrons. The lowest BCUT2D eigenvalue weighted by atomic mass is 9.71. The predicted octanol–water partition coefficient (Wildman–Crippen LogP) is 3.68. The predicted molar refractivity (Wildman–Crippen MR) is 115 cm³/mol. The lowest BCUT2D eigenvalue weighted by Crippen LogP contribution is -2.39. The van der Waals surface area contributed by atoms with E-state index < -0.39 is 0 Å². The van der Waals surface area contributed by atoms with Crippen molar-refractivity contribution in [3.63, 3.8) is 0 Å². The minimum absolute atomic E-state index is 0.245. The number of hydrogen-bond acceptors (Lipinski definition) is 3. The average Bonchev–Trinajstić information content (AvgIpc) is 3.16. The van der Waals surface area contributed by atoms with Gasteiger partial charge in [-0.3, -0.25) is 4.99 Å². The Balaban J connectivity index is 1.71. The van der Waals surface area contributed by atoms with Gasteiger partial charge in [-0.15, -0.1) is 5.73 Å². The van der Waals surface area contributed by atoms with E-state index in [1.54, 1.807) is 0 Å². The molecule has 0 bridgehead atoms. The SMILES string of the molecule is C=C(NC(C)C1=C=C(C)C=CC1)C1CC(C2CCNC2)CCC1N=C(C)N. The molecular weight excluding hydrogens is 332 g/mol. The van der Waals surface area contributed by atoms with E-state index in [4.69, 9.17) is 10.7 Å². The van der Waals surface area contributed by atoms with E-state index in [9.17, 15) is 0 Å². The highest BCUT2D eigenvalue weighted by Crippen LogP contribution is 2.40. The number of nitrogens with zero attached hydrogens (tertiary/aromatic N) is 1. The van der Waals surface area contributed by atoms with Crippen molar-refractivity contribution in [3.05, 3.63) is 41.3 Å². The first-order valence-corrected chi connectivity index (χ1v) is 10.5. The quantitative estimate of drug-likeness (QED) is 0.381. The number of rotatable bonds is 6. The standard InChI is InChI=1S/C23H36N4/c1-15-6-5-7-19(12-15)16(2)26-17(3)22-13-20(21-10-11-25-14-21)8-9-23(22)27-18(4)24/h5-6,16,20-23,25-26H,3,7-11,13-14H2,1-2,4H3,(H2,24,27). The first-order chi connectivity index (χ1) is 12.9. The summed E-state index contributed by atoms with van der Waals surface area (Å²) < 4.78 is 0. The average molecular weight is 369 g/mol. The third-order valence-electron chi connectivity index (χ3n) is 6.42. The number of aliphatic imine (C=N–C) groups is 1. The molecule has 4 heteroatoms. The van der Waals surface area contributed by atoms with Gasteiger partial charge in [0.25, 0.3) is 0 Å². The second kappa shape index (κ2) is 8.95. The topological polar surface area (TPSA) is 62.4 Å². The Bertz CT molecular complexity index is 670. The van der Waals surface area contributed by atoms with Crippen molar-refractivity contribution < 1.29 is 0 Å². The minimum Gasteiger partial charge on any atom is -0.388 e. The number of amidine groups is 1. The zero-order valence-corrected chi connectivity index (χ0v) is 17.2. The Hall–Kier alpha value is -1.77. The second-order valence-electron chi connectivity index (χ2n) is 8.60. The molecule has 4 N–H and O–H groups in total. The van der Waals surface area contributed by atoms with Crippen molar-refractivity contribution in [2.24, 2.45) is 28.5 Å². The Morgan fingerprint density at radius 3 is 2.85 bits per heavy atom. The van der Waals surface area contributed by atoms with E-state index in [2.05, 4.69) is 48.9 Å². The fourth-order valence-electron chi connectivity index (χ4n) is 4.95. The van der Waals surface area contributed by atoms with Crippen LogP contribution in [0.3, 0.4) is 0 Å². The number of nitrogens with two attached hydrogens (primary N) is 1. The van der Waals surface area contributed by atoms with Crippen LogP contribution in [0.5, 0.6) is 0 Å². The second-order valence-corrected chi connectivity index (χ2v) is 8.60. The Morgan fingerprint density at radius 2 is 2.19 bits per heavy atom. The maximum absolute atomic E-state index is 5.94. The van der Waals surface area contributed by atoms with Crippen LogP contribution in [0.15, 0.2) is 46.3 Å². The van der Waals surface area contributed by atoms with Gasteiger partial charge in [0.05, 0.1) is 17.9 Å². The molecule has 0 spiro atoms.